The van der Waals surface area contributed by atoms with Crippen LogP contribution in [-0.4, -0.2) is 36.1 Å². The lowest BCUT2D eigenvalue weighted by atomic mass is 10.2. The molecular weight excluding hydrogens is 286 g/mol. The van der Waals surface area contributed by atoms with Crippen molar-refractivity contribution in [2.24, 2.45) is 0 Å². The van der Waals surface area contributed by atoms with Crippen molar-refractivity contribution in [3.05, 3.63) is 30.3 Å². The number of anilines is 1. The summed E-state index contributed by atoms with van der Waals surface area (Å²) in [5.41, 5.74) is 7.65. The van der Waals surface area contributed by atoms with Crippen LogP contribution in [0.15, 0.2) is 30.3 Å². The summed E-state index contributed by atoms with van der Waals surface area (Å²) in [6, 6.07) is 9.69. The highest BCUT2D eigenvalue weighted by atomic mass is 35.5. The molecule has 0 aliphatic carbocycles. The fourth-order valence-corrected chi connectivity index (χ4v) is 2.72. The molecule has 21 heavy (non-hydrogen) atoms. The largest absolute Gasteiger partial charge is 0.478 e. The molecule has 1 aliphatic rings. The van der Waals surface area contributed by atoms with Crippen LogP contribution in [0.2, 0.25) is 0 Å². The number of benzene rings is 1. The number of hydrogen-bond acceptors (Lipinski definition) is 4. The van der Waals surface area contributed by atoms with Crippen molar-refractivity contribution in [3.63, 3.8) is 0 Å². The number of aromatic nitrogens is 1. The number of fused-ring (bicyclic) bond motifs is 1. The van der Waals surface area contributed by atoms with Crippen molar-refractivity contribution >= 4 is 29.0 Å². The predicted octanol–water partition coefficient (Wildman–Crippen LogP) is 3.10. The third-order valence-electron chi connectivity index (χ3n) is 3.79. The van der Waals surface area contributed by atoms with Crippen molar-refractivity contribution in [3.8, 4) is 5.88 Å². The molecule has 1 aliphatic heterocycles. The van der Waals surface area contributed by atoms with Gasteiger partial charge in [0.15, 0.2) is 0 Å². The Labute approximate surface area is 131 Å². The molecule has 0 atom stereocenters. The Hall–Kier alpha value is -1.52. The number of hydrogen-bond donors (Lipinski definition) is 1. The standard InChI is InChI=1S/C16H21N3O.ClH/c17-14-12-16(18-15-7-2-1-6-13(14)15)20-11-5-10-19-8-3-4-9-19;/h1-2,6-7,12H,3-5,8-11H2,(H2,17,18);1H. The Bertz CT molecular complexity index is 585. The fourth-order valence-electron chi connectivity index (χ4n) is 2.72. The second-order valence-corrected chi connectivity index (χ2v) is 5.32. The van der Waals surface area contributed by atoms with Gasteiger partial charge in [-0.15, -0.1) is 12.4 Å². The number of nitrogens with zero attached hydrogens (tertiary/aromatic N) is 2. The van der Waals surface area contributed by atoms with Gasteiger partial charge in [0.05, 0.1) is 12.1 Å². The normalized spacial score (nSPS) is 15.0. The monoisotopic (exact) mass is 307 g/mol. The van der Waals surface area contributed by atoms with E-state index in [0.29, 0.717) is 12.5 Å². The lowest BCUT2D eigenvalue weighted by Crippen LogP contribution is -2.22. The molecule has 1 aromatic heterocycles. The van der Waals surface area contributed by atoms with Crippen molar-refractivity contribution in [2.45, 2.75) is 19.3 Å². The van der Waals surface area contributed by atoms with E-state index in [4.69, 9.17) is 10.5 Å². The number of halogens is 1. The van der Waals surface area contributed by atoms with Crippen LogP contribution in [0.1, 0.15) is 19.3 Å². The molecule has 5 heteroatoms. The summed E-state index contributed by atoms with van der Waals surface area (Å²) in [4.78, 5) is 6.98. The summed E-state index contributed by atoms with van der Waals surface area (Å²) in [7, 11) is 0. The van der Waals surface area contributed by atoms with Gasteiger partial charge in [0.1, 0.15) is 0 Å². The Kier molecular flexibility index (Phi) is 5.65. The number of nitrogens with two attached hydrogens (primary N) is 1. The number of ether oxygens (including phenoxy) is 1. The van der Waals surface area contributed by atoms with E-state index in [9.17, 15) is 0 Å². The second-order valence-electron chi connectivity index (χ2n) is 5.32. The van der Waals surface area contributed by atoms with E-state index in [1.54, 1.807) is 0 Å². The zero-order valence-electron chi connectivity index (χ0n) is 12.1. The van der Waals surface area contributed by atoms with E-state index in [1.165, 1.54) is 25.9 Å². The van der Waals surface area contributed by atoms with Crippen molar-refractivity contribution in [1.29, 1.82) is 0 Å². The van der Waals surface area contributed by atoms with Gasteiger partial charge in [-0.1, -0.05) is 18.2 Å². The quantitative estimate of drug-likeness (QED) is 0.862. The van der Waals surface area contributed by atoms with E-state index in [0.717, 1.165) is 29.6 Å². The smallest absolute Gasteiger partial charge is 0.215 e. The van der Waals surface area contributed by atoms with Crippen LogP contribution in [0.3, 0.4) is 0 Å². The third kappa shape index (κ3) is 3.99. The molecule has 0 spiro atoms. The summed E-state index contributed by atoms with van der Waals surface area (Å²) in [5.74, 6) is 0.627. The molecule has 2 N–H and O–H groups in total. The highest BCUT2D eigenvalue weighted by Gasteiger charge is 2.10. The minimum absolute atomic E-state index is 0. The Morgan fingerprint density at radius 1 is 1.19 bits per heavy atom. The van der Waals surface area contributed by atoms with Crippen LogP contribution >= 0.6 is 12.4 Å². The minimum Gasteiger partial charge on any atom is -0.478 e. The van der Waals surface area contributed by atoms with Gasteiger partial charge in [-0.2, -0.15) is 0 Å². The molecule has 0 amide bonds. The van der Waals surface area contributed by atoms with Gasteiger partial charge in [0.25, 0.3) is 0 Å². The fraction of sp³-hybridized carbons (Fsp3) is 0.438. The van der Waals surface area contributed by atoms with Crippen LogP contribution in [0, 0.1) is 0 Å². The summed E-state index contributed by atoms with van der Waals surface area (Å²) >= 11 is 0. The van der Waals surface area contributed by atoms with E-state index < -0.39 is 0 Å². The van der Waals surface area contributed by atoms with Crippen LogP contribution in [0.25, 0.3) is 10.9 Å². The molecule has 114 valence electrons. The summed E-state index contributed by atoms with van der Waals surface area (Å²) in [5, 5.41) is 0.983. The molecule has 1 fully saturated rings. The maximum absolute atomic E-state index is 6.03. The van der Waals surface area contributed by atoms with Crippen LogP contribution in [0.5, 0.6) is 5.88 Å². The molecule has 0 radical (unpaired) electrons. The van der Waals surface area contributed by atoms with Gasteiger partial charge in [-0.05, 0) is 38.4 Å². The molecule has 0 unspecified atom stereocenters. The van der Waals surface area contributed by atoms with E-state index in [1.807, 2.05) is 30.3 Å². The molecule has 3 rings (SSSR count). The zero-order valence-corrected chi connectivity index (χ0v) is 12.9. The summed E-state index contributed by atoms with van der Waals surface area (Å²) in [6.07, 6.45) is 3.71. The molecule has 4 nitrogen and oxygen atoms in total. The van der Waals surface area contributed by atoms with Crippen LogP contribution in [0.4, 0.5) is 5.69 Å². The highest BCUT2D eigenvalue weighted by molar-refractivity contribution is 5.90. The Morgan fingerprint density at radius 3 is 2.76 bits per heavy atom. The molecular formula is C16H22ClN3O. The number of para-hydroxylation sites is 1. The second kappa shape index (κ2) is 7.48. The zero-order chi connectivity index (χ0) is 13.8. The average molecular weight is 308 g/mol. The van der Waals surface area contributed by atoms with E-state index in [-0.39, 0.29) is 12.4 Å². The topological polar surface area (TPSA) is 51.4 Å². The highest BCUT2D eigenvalue weighted by Crippen LogP contribution is 2.23. The molecule has 0 saturated carbocycles. The number of pyridine rings is 1. The molecule has 1 saturated heterocycles. The van der Waals surface area contributed by atoms with Gasteiger partial charge in [0, 0.05) is 23.7 Å². The maximum Gasteiger partial charge on any atom is 0.215 e. The predicted molar refractivity (Wildman–Crippen MR) is 89.2 cm³/mol. The first-order valence-electron chi connectivity index (χ1n) is 7.33. The van der Waals surface area contributed by atoms with Gasteiger partial charge >= 0.3 is 0 Å². The van der Waals surface area contributed by atoms with Gasteiger partial charge in [-0.3, -0.25) is 0 Å². The van der Waals surface area contributed by atoms with Gasteiger partial charge in [0.2, 0.25) is 5.88 Å². The molecule has 1 aromatic carbocycles. The SMILES string of the molecule is Cl.Nc1cc(OCCCN2CCCC2)nc2ccccc12. The number of rotatable bonds is 5. The lowest BCUT2D eigenvalue weighted by molar-refractivity contribution is 0.258. The Balaban J connectivity index is 0.00000161. The maximum atomic E-state index is 6.03. The Morgan fingerprint density at radius 2 is 1.95 bits per heavy atom. The van der Waals surface area contributed by atoms with E-state index in [2.05, 4.69) is 9.88 Å². The summed E-state index contributed by atoms with van der Waals surface area (Å²) in [6.45, 7) is 4.28. The van der Waals surface area contributed by atoms with Crippen molar-refractivity contribution in [2.75, 3.05) is 32.0 Å². The number of nitrogen functional groups attached to an aromatic ring is 1. The number of likely N-dealkylation sites (tertiary alicyclic amines) is 1. The van der Waals surface area contributed by atoms with Crippen LogP contribution < -0.4 is 10.5 Å². The van der Waals surface area contributed by atoms with Crippen molar-refractivity contribution in [1.82, 2.24) is 9.88 Å². The van der Waals surface area contributed by atoms with E-state index >= 15 is 0 Å². The first-order valence-corrected chi connectivity index (χ1v) is 7.33. The third-order valence-corrected chi connectivity index (χ3v) is 3.79. The molecule has 0 bridgehead atoms. The molecule has 2 aromatic rings. The summed E-state index contributed by atoms with van der Waals surface area (Å²) < 4.78 is 5.74. The first kappa shape index (κ1) is 15.9. The lowest BCUT2D eigenvalue weighted by Gasteiger charge is -2.14. The van der Waals surface area contributed by atoms with Gasteiger partial charge < -0.3 is 15.4 Å². The first-order chi connectivity index (χ1) is 9.83. The minimum atomic E-state index is 0. The van der Waals surface area contributed by atoms with Crippen molar-refractivity contribution < 1.29 is 4.74 Å². The average Bonchev–Trinajstić information content (AvgIpc) is 2.97. The van der Waals surface area contributed by atoms with Crippen LogP contribution in [-0.2, 0) is 0 Å². The molecule has 2 heterocycles. The van der Waals surface area contributed by atoms with Gasteiger partial charge in [-0.25, -0.2) is 4.98 Å².